The fraction of sp³-hybridized carbons (Fsp3) is 0.227. The summed E-state index contributed by atoms with van der Waals surface area (Å²) < 4.78 is 43.3. The molecular weight excluding hydrogens is 517 g/mol. The van der Waals surface area contributed by atoms with E-state index in [1.54, 1.807) is 24.3 Å². The van der Waals surface area contributed by atoms with Gasteiger partial charge < -0.3 is 34.2 Å². The number of nitrogens with zero attached hydrogens (tertiary/aromatic N) is 2. The second-order valence-electron chi connectivity index (χ2n) is 5.99. The van der Waals surface area contributed by atoms with E-state index in [-0.39, 0.29) is 61.3 Å². The van der Waals surface area contributed by atoms with Crippen molar-refractivity contribution in [2.75, 3.05) is 14.2 Å². The molecule has 0 radical (unpaired) electrons. The predicted molar refractivity (Wildman–Crippen MR) is 118 cm³/mol. The number of halogens is 3. The molecule has 14 heteroatoms. The van der Waals surface area contributed by atoms with Crippen molar-refractivity contribution in [1.29, 1.82) is 0 Å². The molecule has 0 saturated heterocycles. The molecule has 0 atom stereocenters. The van der Waals surface area contributed by atoms with Crippen LogP contribution in [-0.4, -0.2) is 82.3 Å². The first-order chi connectivity index (χ1) is 16.6. The summed E-state index contributed by atoms with van der Waals surface area (Å²) >= 11 is 0. The van der Waals surface area contributed by atoms with Gasteiger partial charge in [-0.25, -0.2) is 4.79 Å². The van der Waals surface area contributed by atoms with Crippen LogP contribution in [0.1, 0.15) is 29.2 Å². The Balaban J connectivity index is 0. The number of hydrogen-bond donors (Lipinski definition) is 0. The number of carboxylic acid groups (broad SMARTS) is 2. The number of methoxy groups -OCH3 is 1. The minimum absolute atomic E-state index is 0. The molecule has 0 N–H and O–H groups in total. The quantitative estimate of drug-likeness (QED) is 0.163. The number of hydrogen-bond acceptors (Lipinski definition) is 10. The van der Waals surface area contributed by atoms with Crippen molar-refractivity contribution in [1.82, 2.24) is 0 Å². The van der Waals surface area contributed by atoms with Gasteiger partial charge >= 0.3 is 49.9 Å². The van der Waals surface area contributed by atoms with Crippen molar-refractivity contribution in [2.45, 2.75) is 19.7 Å². The van der Waals surface area contributed by atoms with Gasteiger partial charge in [-0.2, -0.15) is 13.2 Å². The third-order valence-electron chi connectivity index (χ3n) is 3.86. The van der Waals surface area contributed by atoms with Gasteiger partial charge in [0.15, 0.2) is 5.71 Å². The Morgan fingerprint density at radius 1 is 1.00 bits per heavy atom. The number of oxime groups is 2. The minimum atomic E-state index is -4.44. The number of alkyl halides is 3. The molecule has 0 aliphatic carbocycles. The summed E-state index contributed by atoms with van der Waals surface area (Å²) in [5.41, 5.74) is 0.722. The van der Waals surface area contributed by atoms with Gasteiger partial charge in [0, 0.05) is 24.1 Å². The maximum absolute atomic E-state index is 12.9. The Labute approximate surface area is 234 Å². The van der Waals surface area contributed by atoms with Crippen LogP contribution >= 0.6 is 0 Å². The van der Waals surface area contributed by atoms with Crippen LogP contribution in [0.4, 0.5) is 13.2 Å². The SMILES string of the molecule is CO/N=C(\C(=O)OC)c1ccccc1CO/N=C(\C)c1cccc(C(F)(F)F)c1.O=C[O-].O=C[O-].[Ca+2]. The molecule has 0 aliphatic heterocycles. The molecule has 0 aliphatic rings. The summed E-state index contributed by atoms with van der Waals surface area (Å²) in [5.74, 6) is -0.692. The Kier molecular flexibility index (Phi) is 18.6. The van der Waals surface area contributed by atoms with Crippen LogP contribution in [0.2, 0.25) is 0 Å². The average molecular weight is 538 g/mol. The van der Waals surface area contributed by atoms with Gasteiger partial charge in [-0.1, -0.05) is 46.7 Å². The Bertz CT molecular complexity index is 1020. The third kappa shape index (κ3) is 12.5. The van der Waals surface area contributed by atoms with E-state index < -0.39 is 30.7 Å². The van der Waals surface area contributed by atoms with Crippen LogP contribution in [0.5, 0.6) is 0 Å². The Morgan fingerprint density at radius 2 is 1.58 bits per heavy atom. The third-order valence-corrected chi connectivity index (χ3v) is 3.86. The Morgan fingerprint density at radius 3 is 2.11 bits per heavy atom. The van der Waals surface area contributed by atoms with Crippen LogP contribution in [0, 0.1) is 0 Å². The van der Waals surface area contributed by atoms with Crippen molar-refractivity contribution >= 4 is 68.1 Å². The standard InChI is InChI=1S/C20H19F3N2O4.2CH2O2.Ca/c1-13(14-8-6-9-16(11-14)20(21,22)23)24-29-12-15-7-4-5-10-17(15)18(25-28-3)19(26)27-2;2*2-1-3;/h4-11H,12H2,1-3H3;2*1H,(H,2,3);/q;;;+2/p-2/b24-13+,25-18-;;;. The average Bonchev–Trinajstić information content (AvgIpc) is 2.83. The fourth-order valence-corrected chi connectivity index (χ4v) is 2.43. The molecule has 10 nitrogen and oxygen atoms in total. The van der Waals surface area contributed by atoms with E-state index in [1.807, 2.05) is 0 Å². The fourth-order valence-electron chi connectivity index (χ4n) is 2.43. The van der Waals surface area contributed by atoms with Gasteiger partial charge in [-0.3, -0.25) is 0 Å². The van der Waals surface area contributed by atoms with E-state index >= 15 is 0 Å². The van der Waals surface area contributed by atoms with Gasteiger partial charge in [-0.05, 0) is 24.6 Å². The molecule has 0 saturated carbocycles. The zero-order valence-corrected chi connectivity index (χ0v) is 21.7. The monoisotopic (exact) mass is 538 g/mol. The number of ether oxygens (including phenoxy) is 1. The maximum Gasteiger partial charge on any atom is 2.00 e. The second-order valence-corrected chi connectivity index (χ2v) is 5.99. The van der Waals surface area contributed by atoms with E-state index in [9.17, 15) is 18.0 Å². The summed E-state index contributed by atoms with van der Waals surface area (Å²) in [6.45, 7) is 0.486. The molecule has 190 valence electrons. The van der Waals surface area contributed by atoms with E-state index in [0.29, 0.717) is 11.1 Å². The predicted octanol–water partition coefficient (Wildman–Crippen LogP) is 0.521. The zero-order chi connectivity index (χ0) is 26.9. The molecule has 2 aromatic carbocycles. The summed E-state index contributed by atoms with van der Waals surface area (Å²) in [6.07, 6.45) is -4.44. The van der Waals surface area contributed by atoms with E-state index in [2.05, 4.69) is 10.3 Å². The van der Waals surface area contributed by atoms with Crippen LogP contribution < -0.4 is 10.2 Å². The van der Waals surface area contributed by atoms with E-state index in [4.69, 9.17) is 34.2 Å². The molecular formula is C22H21CaF3N2O8. The van der Waals surface area contributed by atoms with Crippen LogP contribution in [0.15, 0.2) is 58.8 Å². The molecule has 0 unspecified atom stereocenters. The van der Waals surface area contributed by atoms with E-state index in [1.165, 1.54) is 33.3 Å². The first-order valence-electron chi connectivity index (χ1n) is 9.34. The molecule has 0 bridgehead atoms. The summed E-state index contributed by atoms with van der Waals surface area (Å²) in [5, 5.41) is 24.1. The number of rotatable bonds is 7. The Hall–Kier alpha value is -3.16. The maximum atomic E-state index is 12.9. The zero-order valence-electron chi connectivity index (χ0n) is 19.5. The normalized spacial score (nSPS) is 10.7. The first kappa shape index (κ1) is 35.0. The van der Waals surface area contributed by atoms with Crippen molar-refractivity contribution in [2.24, 2.45) is 10.3 Å². The van der Waals surface area contributed by atoms with Gasteiger partial charge in [0.1, 0.15) is 13.7 Å². The topological polar surface area (TPSA) is 150 Å². The molecule has 0 spiro atoms. The van der Waals surface area contributed by atoms with Crippen molar-refractivity contribution < 1.29 is 52.2 Å². The van der Waals surface area contributed by atoms with Crippen LogP contribution in [0.25, 0.3) is 0 Å². The van der Waals surface area contributed by atoms with Gasteiger partial charge in [0.2, 0.25) is 0 Å². The van der Waals surface area contributed by atoms with Crippen LogP contribution in [-0.2, 0) is 41.6 Å². The summed E-state index contributed by atoms with van der Waals surface area (Å²) in [7, 11) is 2.51. The number of carbonyl (C=O) groups is 3. The summed E-state index contributed by atoms with van der Waals surface area (Å²) in [4.78, 5) is 38.4. The van der Waals surface area contributed by atoms with Gasteiger partial charge in [-0.15, -0.1) is 0 Å². The number of benzene rings is 2. The number of esters is 1. The van der Waals surface area contributed by atoms with Crippen molar-refractivity contribution in [3.63, 3.8) is 0 Å². The molecule has 36 heavy (non-hydrogen) atoms. The van der Waals surface area contributed by atoms with E-state index in [0.717, 1.165) is 12.1 Å². The van der Waals surface area contributed by atoms with Crippen molar-refractivity contribution in [3.8, 4) is 0 Å². The molecule has 2 aromatic rings. The molecule has 0 amide bonds. The van der Waals surface area contributed by atoms with Gasteiger partial charge in [0.25, 0.3) is 0 Å². The smallest absolute Gasteiger partial charge is 0.554 e. The van der Waals surface area contributed by atoms with Gasteiger partial charge in [0.05, 0.1) is 18.4 Å². The molecule has 0 aromatic heterocycles. The van der Waals surface area contributed by atoms with Crippen molar-refractivity contribution in [3.05, 3.63) is 70.8 Å². The second kappa shape index (κ2) is 19.1. The number of carbonyl (C=O) groups excluding carboxylic acids is 3. The first-order valence-corrected chi connectivity index (χ1v) is 9.34. The molecule has 0 fully saturated rings. The molecule has 2 rings (SSSR count). The van der Waals surface area contributed by atoms with Crippen LogP contribution in [0.3, 0.4) is 0 Å². The largest absolute Gasteiger partial charge is 2.00 e. The summed E-state index contributed by atoms with van der Waals surface area (Å²) in [6, 6.07) is 11.5. The minimum Gasteiger partial charge on any atom is -0.554 e. The molecule has 0 heterocycles.